The number of carbonyl (C=O) groups excluding carboxylic acids is 1. The SMILES string of the molecule is CCOc1cc(C(=O)NN=Cc2cnn(CC)c2F)ccc1OC(F)F. The molecule has 10 heteroatoms. The summed E-state index contributed by atoms with van der Waals surface area (Å²) in [5.41, 5.74) is 2.44. The van der Waals surface area contributed by atoms with E-state index in [1.165, 1.54) is 24.4 Å². The van der Waals surface area contributed by atoms with Crippen molar-refractivity contribution in [3.63, 3.8) is 0 Å². The minimum atomic E-state index is -3.02. The second-order valence-electron chi connectivity index (χ2n) is 4.88. The van der Waals surface area contributed by atoms with Gasteiger partial charge in [0.05, 0.1) is 24.6 Å². The van der Waals surface area contributed by atoms with Crippen LogP contribution in [0.4, 0.5) is 13.2 Å². The molecule has 2 aromatic rings. The van der Waals surface area contributed by atoms with Crippen LogP contribution in [0.2, 0.25) is 0 Å². The molecule has 0 aliphatic heterocycles. The first-order valence-corrected chi connectivity index (χ1v) is 7.72. The summed E-state index contributed by atoms with van der Waals surface area (Å²) in [5.74, 6) is -1.39. The third kappa shape index (κ3) is 4.74. The molecule has 0 unspecified atom stereocenters. The van der Waals surface area contributed by atoms with Crippen molar-refractivity contribution in [2.24, 2.45) is 5.10 Å². The van der Waals surface area contributed by atoms with Gasteiger partial charge in [-0.2, -0.15) is 23.4 Å². The number of hydrazone groups is 1. The summed E-state index contributed by atoms with van der Waals surface area (Å²) < 4.78 is 49.2. The van der Waals surface area contributed by atoms with Crippen LogP contribution in [0, 0.1) is 5.95 Å². The highest BCUT2D eigenvalue weighted by Gasteiger charge is 2.14. The van der Waals surface area contributed by atoms with E-state index in [0.29, 0.717) is 6.54 Å². The molecule has 0 saturated carbocycles. The highest BCUT2D eigenvalue weighted by atomic mass is 19.3. The summed E-state index contributed by atoms with van der Waals surface area (Å²) >= 11 is 0. The Bertz CT molecular complexity index is 793. The lowest BCUT2D eigenvalue weighted by Gasteiger charge is -2.12. The first-order chi connectivity index (χ1) is 12.5. The molecule has 0 bridgehead atoms. The molecule has 26 heavy (non-hydrogen) atoms. The summed E-state index contributed by atoms with van der Waals surface area (Å²) in [4.78, 5) is 12.1. The second-order valence-corrected chi connectivity index (χ2v) is 4.88. The topological polar surface area (TPSA) is 77.7 Å². The maximum atomic E-state index is 13.8. The van der Waals surface area contributed by atoms with Crippen molar-refractivity contribution in [1.29, 1.82) is 0 Å². The Morgan fingerprint density at radius 3 is 2.77 bits per heavy atom. The van der Waals surface area contributed by atoms with Gasteiger partial charge in [0.15, 0.2) is 11.5 Å². The molecule has 2 rings (SSSR count). The first-order valence-electron chi connectivity index (χ1n) is 7.72. The summed E-state index contributed by atoms with van der Waals surface area (Å²) in [7, 11) is 0. The quantitative estimate of drug-likeness (QED) is 0.573. The molecule has 1 aromatic carbocycles. The van der Waals surface area contributed by atoms with Crippen LogP contribution in [0.3, 0.4) is 0 Å². The highest BCUT2D eigenvalue weighted by Crippen LogP contribution is 2.29. The average molecular weight is 370 g/mol. The lowest BCUT2D eigenvalue weighted by molar-refractivity contribution is -0.0514. The molecular formula is C16H17F3N4O3. The van der Waals surface area contributed by atoms with E-state index in [0.717, 1.165) is 10.9 Å². The van der Waals surface area contributed by atoms with E-state index in [1.54, 1.807) is 13.8 Å². The largest absolute Gasteiger partial charge is 0.490 e. The van der Waals surface area contributed by atoms with Gasteiger partial charge in [0, 0.05) is 12.1 Å². The number of aryl methyl sites for hydroxylation is 1. The number of halogens is 3. The maximum Gasteiger partial charge on any atom is 0.387 e. The predicted molar refractivity (Wildman–Crippen MR) is 87.2 cm³/mol. The fraction of sp³-hybridized carbons (Fsp3) is 0.312. The average Bonchev–Trinajstić information content (AvgIpc) is 2.96. The molecule has 0 radical (unpaired) electrons. The van der Waals surface area contributed by atoms with E-state index in [4.69, 9.17) is 4.74 Å². The smallest absolute Gasteiger partial charge is 0.387 e. The zero-order valence-corrected chi connectivity index (χ0v) is 14.1. The molecule has 1 amide bonds. The predicted octanol–water partition coefficient (Wildman–Crippen LogP) is 2.81. The van der Waals surface area contributed by atoms with Crippen molar-refractivity contribution in [1.82, 2.24) is 15.2 Å². The number of benzene rings is 1. The van der Waals surface area contributed by atoms with Crippen molar-refractivity contribution in [2.45, 2.75) is 27.0 Å². The zero-order chi connectivity index (χ0) is 19.1. The van der Waals surface area contributed by atoms with Gasteiger partial charge in [-0.1, -0.05) is 0 Å². The van der Waals surface area contributed by atoms with Crippen molar-refractivity contribution >= 4 is 12.1 Å². The Balaban J connectivity index is 2.09. The standard InChI is InChI=1S/C16H17F3N4O3/c1-3-23-14(17)11(9-21-23)8-20-22-15(24)10-5-6-12(26-16(18)19)13(7-10)25-4-2/h5-9,16H,3-4H2,1-2H3,(H,22,24). The zero-order valence-electron chi connectivity index (χ0n) is 14.1. The van der Waals surface area contributed by atoms with E-state index in [2.05, 4.69) is 20.4 Å². The van der Waals surface area contributed by atoms with E-state index in [9.17, 15) is 18.0 Å². The van der Waals surface area contributed by atoms with Crippen LogP contribution in [0.5, 0.6) is 11.5 Å². The molecule has 1 N–H and O–H groups in total. The fourth-order valence-electron chi connectivity index (χ4n) is 2.03. The van der Waals surface area contributed by atoms with Gasteiger partial charge in [0.1, 0.15) is 0 Å². The fourth-order valence-corrected chi connectivity index (χ4v) is 2.03. The van der Waals surface area contributed by atoms with Crippen LogP contribution in [0.15, 0.2) is 29.5 Å². The number of ether oxygens (including phenoxy) is 2. The van der Waals surface area contributed by atoms with Gasteiger partial charge in [-0.15, -0.1) is 0 Å². The highest BCUT2D eigenvalue weighted by molar-refractivity contribution is 5.95. The van der Waals surface area contributed by atoms with Crippen LogP contribution >= 0.6 is 0 Å². The van der Waals surface area contributed by atoms with E-state index < -0.39 is 18.5 Å². The molecule has 0 saturated heterocycles. The van der Waals surface area contributed by atoms with Crippen molar-refractivity contribution in [3.8, 4) is 11.5 Å². The summed E-state index contributed by atoms with van der Waals surface area (Å²) in [5, 5.41) is 7.46. The molecule has 1 aromatic heterocycles. The molecular weight excluding hydrogens is 353 g/mol. The summed E-state index contributed by atoms with van der Waals surface area (Å²) in [6.07, 6.45) is 2.39. The van der Waals surface area contributed by atoms with Crippen molar-refractivity contribution in [3.05, 3.63) is 41.5 Å². The first kappa shape index (κ1) is 19.3. The third-order valence-electron chi connectivity index (χ3n) is 3.19. The molecule has 0 aliphatic carbocycles. The van der Waals surface area contributed by atoms with Crippen LogP contribution < -0.4 is 14.9 Å². The number of hydrogen-bond donors (Lipinski definition) is 1. The third-order valence-corrected chi connectivity index (χ3v) is 3.19. The van der Waals surface area contributed by atoms with Gasteiger partial charge in [0.25, 0.3) is 5.91 Å². The van der Waals surface area contributed by atoms with Gasteiger partial charge >= 0.3 is 6.61 Å². The minimum Gasteiger partial charge on any atom is -0.490 e. The number of nitrogens with zero attached hydrogens (tertiary/aromatic N) is 3. The van der Waals surface area contributed by atoms with E-state index >= 15 is 0 Å². The Labute approximate surface area is 147 Å². The molecule has 0 atom stereocenters. The number of hydrogen-bond acceptors (Lipinski definition) is 5. The molecule has 0 fully saturated rings. The number of aromatic nitrogens is 2. The van der Waals surface area contributed by atoms with Gasteiger partial charge in [-0.05, 0) is 32.0 Å². The van der Waals surface area contributed by atoms with Crippen LogP contribution in [0.1, 0.15) is 29.8 Å². The van der Waals surface area contributed by atoms with Crippen LogP contribution in [0.25, 0.3) is 0 Å². The Morgan fingerprint density at radius 2 is 2.15 bits per heavy atom. The van der Waals surface area contributed by atoms with Gasteiger partial charge in [-0.3, -0.25) is 4.79 Å². The van der Waals surface area contributed by atoms with Crippen molar-refractivity contribution in [2.75, 3.05) is 6.61 Å². The van der Waals surface area contributed by atoms with Crippen LogP contribution in [-0.2, 0) is 6.54 Å². The molecule has 0 spiro atoms. The second kappa shape index (κ2) is 8.88. The van der Waals surface area contributed by atoms with E-state index in [1.807, 2.05) is 0 Å². The normalized spacial score (nSPS) is 11.2. The van der Waals surface area contributed by atoms with Crippen molar-refractivity contribution < 1.29 is 27.4 Å². The monoisotopic (exact) mass is 370 g/mol. The number of alkyl halides is 2. The van der Waals surface area contributed by atoms with Gasteiger partial charge in [-0.25, -0.2) is 10.1 Å². The van der Waals surface area contributed by atoms with Gasteiger partial charge in [0.2, 0.25) is 5.95 Å². The maximum absolute atomic E-state index is 13.8. The number of carbonyl (C=O) groups is 1. The summed E-state index contributed by atoms with van der Waals surface area (Å²) in [6.45, 7) is 0.935. The molecule has 140 valence electrons. The lowest BCUT2D eigenvalue weighted by Crippen LogP contribution is -2.18. The number of rotatable bonds is 8. The van der Waals surface area contributed by atoms with Crippen LogP contribution in [-0.4, -0.2) is 35.1 Å². The Hall–Kier alpha value is -3.04. The van der Waals surface area contributed by atoms with Gasteiger partial charge < -0.3 is 9.47 Å². The molecule has 7 nitrogen and oxygen atoms in total. The van der Waals surface area contributed by atoms with E-state index in [-0.39, 0.29) is 29.2 Å². The summed E-state index contributed by atoms with van der Waals surface area (Å²) in [6, 6.07) is 3.73. The lowest BCUT2D eigenvalue weighted by atomic mass is 10.2. The molecule has 1 heterocycles. The minimum absolute atomic E-state index is 0.000281. The number of amides is 1. The molecule has 0 aliphatic rings. The number of nitrogens with one attached hydrogen (secondary N) is 1. The Morgan fingerprint density at radius 1 is 1.38 bits per heavy atom. The Kier molecular flexibility index (Phi) is 6.59.